The molecule has 0 amide bonds. The normalized spacial score (nSPS) is 11.5. The second kappa shape index (κ2) is 6.08. The van der Waals surface area contributed by atoms with Crippen molar-refractivity contribution in [2.75, 3.05) is 0 Å². The van der Waals surface area contributed by atoms with Crippen LogP contribution >= 0.6 is 0 Å². The van der Waals surface area contributed by atoms with E-state index in [1.54, 1.807) is 0 Å². The van der Waals surface area contributed by atoms with Crippen LogP contribution in [0.15, 0.2) is 66.9 Å². The summed E-state index contributed by atoms with van der Waals surface area (Å²) in [6.07, 6.45) is 2.08. The molecule has 0 aliphatic rings. The zero-order valence-corrected chi connectivity index (χ0v) is 12.6. The summed E-state index contributed by atoms with van der Waals surface area (Å²) in [6.45, 7) is 0. The third kappa shape index (κ3) is 3.56. The van der Waals surface area contributed by atoms with Crippen LogP contribution in [0, 0.1) is 10.2 Å². The van der Waals surface area contributed by atoms with Crippen LogP contribution in [0.25, 0.3) is 32.4 Å². The summed E-state index contributed by atoms with van der Waals surface area (Å²) in [7, 11) is -4.94. The van der Waals surface area contributed by atoms with E-state index >= 15 is 0 Å². The van der Waals surface area contributed by atoms with E-state index in [1.165, 1.54) is 32.4 Å². The van der Waals surface area contributed by atoms with Crippen LogP contribution in [-0.4, -0.2) is 0 Å². The SMILES string of the molecule is [O-][Cl+3]([O-])([O-])[O-].c1ccc2c(c1)ccc1[nH+]cc3ccccc3c12. The molecule has 5 nitrogen and oxygen atoms in total. The molecule has 0 atom stereocenters. The first-order valence-corrected chi connectivity index (χ1v) is 7.99. The van der Waals surface area contributed by atoms with Gasteiger partial charge < -0.3 is 0 Å². The number of hydrogen-bond acceptors (Lipinski definition) is 4. The Labute approximate surface area is 133 Å². The van der Waals surface area contributed by atoms with Gasteiger partial charge in [0.15, 0.2) is 6.20 Å². The number of hydrogen-bond donors (Lipinski definition) is 0. The van der Waals surface area contributed by atoms with E-state index in [1.807, 2.05) is 0 Å². The number of aromatic amines is 1. The molecular formula is C17H12ClNO4. The summed E-state index contributed by atoms with van der Waals surface area (Å²) >= 11 is 0. The first-order chi connectivity index (χ1) is 10.9. The van der Waals surface area contributed by atoms with Gasteiger partial charge in [0.05, 0.1) is 5.39 Å². The van der Waals surface area contributed by atoms with Crippen LogP contribution in [0.3, 0.4) is 0 Å². The van der Waals surface area contributed by atoms with Gasteiger partial charge in [-0.1, -0.05) is 42.5 Å². The van der Waals surface area contributed by atoms with Crippen molar-refractivity contribution in [1.82, 2.24) is 0 Å². The van der Waals surface area contributed by atoms with Crippen molar-refractivity contribution >= 4 is 32.4 Å². The maximum Gasteiger partial charge on any atom is 0.212 e. The first-order valence-electron chi connectivity index (χ1n) is 6.76. The van der Waals surface area contributed by atoms with Crippen LogP contribution in [0.2, 0.25) is 0 Å². The van der Waals surface area contributed by atoms with Gasteiger partial charge in [-0.05, 0) is 22.9 Å². The van der Waals surface area contributed by atoms with Crippen LogP contribution in [0.4, 0.5) is 0 Å². The van der Waals surface area contributed by atoms with E-state index in [-0.39, 0.29) is 0 Å². The van der Waals surface area contributed by atoms with E-state index in [0.717, 1.165) is 0 Å². The zero-order chi connectivity index (χ0) is 16.4. The maximum absolute atomic E-state index is 8.49. The van der Waals surface area contributed by atoms with Gasteiger partial charge in [0.25, 0.3) is 0 Å². The lowest BCUT2D eigenvalue weighted by Gasteiger charge is -2.17. The highest BCUT2D eigenvalue weighted by Gasteiger charge is 2.09. The fourth-order valence-corrected chi connectivity index (χ4v) is 2.69. The topological polar surface area (TPSA) is 106 Å². The molecule has 3 aromatic carbocycles. The highest BCUT2D eigenvalue weighted by atomic mass is 35.7. The van der Waals surface area contributed by atoms with Gasteiger partial charge in [-0.2, -0.15) is 0 Å². The number of benzene rings is 3. The molecule has 0 saturated carbocycles. The quantitative estimate of drug-likeness (QED) is 0.394. The molecule has 0 bridgehead atoms. The van der Waals surface area contributed by atoms with Crippen LogP contribution in [0.1, 0.15) is 0 Å². The molecule has 0 aliphatic heterocycles. The van der Waals surface area contributed by atoms with Gasteiger partial charge >= 0.3 is 0 Å². The van der Waals surface area contributed by atoms with Gasteiger partial charge in [0.2, 0.25) is 5.52 Å². The van der Waals surface area contributed by atoms with Gasteiger partial charge in [-0.25, -0.2) is 23.6 Å². The predicted octanol–water partition coefficient (Wildman–Crippen LogP) is -0.796. The first kappa shape index (κ1) is 15.6. The lowest BCUT2D eigenvalue weighted by molar-refractivity contribution is -2.00. The van der Waals surface area contributed by atoms with Crippen molar-refractivity contribution in [3.63, 3.8) is 0 Å². The third-order valence-corrected chi connectivity index (χ3v) is 3.54. The van der Waals surface area contributed by atoms with Crippen LogP contribution < -0.4 is 23.6 Å². The molecular weight excluding hydrogens is 318 g/mol. The van der Waals surface area contributed by atoms with Crippen LogP contribution in [0.5, 0.6) is 0 Å². The standard InChI is InChI=1S/C17H11N.ClHO4/c1-3-7-14-12(5-1)9-10-16-17(14)15-8-4-2-6-13(15)11-18-16;2-1(3,4)5/h1-11H;(H,2,3,4,5). The molecule has 0 spiro atoms. The van der Waals surface area contributed by atoms with Crippen molar-refractivity contribution in [2.45, 2.75) is 0 Å². The molecule has 0 aliphatic carbocycles. The molecule has 1 N–H and O–H groups in total. The summed E-state index contributed by atoms with van der Waals surface area (Å²) in [5, 5.41) is 6.47. The molecule has 0 saturated heterocycles. The van der Waals surface area contributed by atoms with Crippen molar-refractivity contribution < 1.29 is 33.9 Å². The summed E-state index contributed by atoms with van der Waals surface area (Å²) in [5.41, 5.74) is 1.19. The molecule has 1 aromatic heterocycles. The van der Waals surface area contributed by atoms with Crippen LogP contribution in [-0.2, 0) is 0 Å². The minimum absolute atomic E-state index is 1.19. The summed E-state index contributed by atoms with van der Waals surface area (Å²) in [5.74, 6) is 0. The highest BCUT2D eigenvalue weighted by Crippen LogP contribution is 2.28. The van der Waals surface area contributed by atoms with Gasteiger partial charge in [-0.15, -0.1) is 10.2 Å². The fraction of sp³-hybridized carbons (Fsp3) is 0. The second-order valence-corrected chi connectivity index (χ2v) is 5.72. The van der Waals surface area contributed by atoms with E-state index in [2.05, 4.69) is 71.8 Å². The second-order valence-electron chi connectivity index (χ2n) is 4.96. The van der Waals surface area contributed by atoms with Gasteiger partial charge in [0.1, 0.15) is 0 Å². The molecule has 0 fully saturated rings. The molecule has 1 heterocycles. The molecule has 6 heteroatoms. The third-order valence-electron chi connectivity index (χ3n) is 3.54. The Kier molecular flexibility index (Phi) is 4.12. The molecule has 0 unspecified atom stereocenters. The van der Waals surface area contributed by atoms with Gasteiger partial charge in [0, 0.05) is 16.8 Å². The molecule has 116 valence electrons. The number of H-pyrrole nitrogens is 1. The Morgan fingerprint density at radius 3 is 1.83 bits per heavy atom. The average molecular weight is 330 g/mol. The van der Waals surface area contributed by atoms with E-state index in [4.69, 9.17) is 18.6 Å². The van der Waals surface area contributed by atoms with Crippen molar-refractivity contribution in [1.29, 1.82) is 0 Å². The number of pyridine rings is 1. The summed E-state index contributed by atoms with van der Waals surface area (Å²) in [4.78, 5) is 3.39. The number of fused-ring (bicyclic) bond motifs is 5. The monoisotopic (exact) mass is 329 g/mol. The number of halogens is 1. The van der Waals surface area contributed by atoms with Crippen molar-refractivity contribution in [2.24, 2.45) is 0 Å². The Morgan fingerprint density at radius 2 is 1.17 bits per heavy atom. The lowest BCUT2D eigenvalue weighted by atomic mass is 10.0. The Bertz CT molecular complexity index is 906. The lowest BCUT2D eigenvalue weighted by Crippen LogP contribution is -2.68. The molecule has 4 rings (SSSR count). The summed E-state index contributed by atoms with van der Waals surface area (Å²) in [6, 6.07) is 21.4. The number of rotatable bonds is 0. The van der Waals surface area contributed by atoms with Crippen molar-refractivity contribution in [3.05, 3.63) is 66.9 Å². The number of nitrogens with one attached hydrogen (secondary N) is 1. The predicted molar refractivity (Wildman–Crippen MR) is 75.5 cm³/mol. The Hall–Kier alpha value is -2.28. The Morgan fingerprint density at radius 1 is 0.652 bits per heavy atom. The molecule has 4 aromatic rings. The average Bonchev–Trinajstić information content (AvgIpc) is 2.52. The molecule has 23 heavy (non-hydrogen) atoms. The fourth-order valence-electron chi connectivity index (χ4n) is 2.69. The van der Waals surface area contributed by atoms with E-state index in [9.17, 15) is 0 Å². The maximum atomic E-state index is 8.49. The van der Waals surface area contributed by atoms with E-state index < -0.39 is 10.2 Å². The van der Waals surface area contributed by atoms with Gasteiger partial charge in [-0.3, -0.25) is 0 Å². The zero-order valence-electron chi connectivity index (χ0n) is 11.9. The summed E-state index contributed by atoms with van der Waals surface area (Å²) < 4.78 is 34.0. The minimum atomic E-state index is -4.94. The smallest absolute Gasteiger partial charge is 0.212 e. The largest absolute Gasteiger partial charge is 0.222 e. The highest BCUT2D eigenvalue weighted by molar-refractivity contribution is 6.17. The van der Waals surface area contributed by atoms with E-state index in [0.29, 0.717) is 0 Å². The van der Waals surface area contributed by atoms with Crippen molar-refractivity contribution in [3.8, 4) is 0 Å². The minimum Gasteiger partial charge on any atom is -0.222 e. The Balaban J connectivity index is 0.000000276. The molecule has 0 radical (unpaired) electrons. The number of aromatic nitrogens is 1.